The molecule has 0 aromatic carbocycles. The van der Waals surface area contributed by atoms with Crippen LogP contribution in [0.3, 0.4) is 0 Å². The van der Waals surface area contributed by atoms with Gasteiger partial charge in [-0.05, 0) is 24.3 Å². The maximum Gasteiger partial charge on any atom is 0.412 e. The first-order valence-electron chi connectivity index (χ1n) is 6.67. The third kappa shape index (κ3) is 3.01. The van der Waals surface area contributed by atoms with Crippen molar-refractivity contribution in [2.75, 3.05) is 0 Å². The smallest absolute Gasteiger partial charge is 0.335 e. The summed E-state index contributed by atoms with van der Waals surface area (Å²) in [5, 5.41) is 5.95. The minimum atomic E-state index is -4.64. The number of alkyl halides is 3. The zero-order valence-corrected chi connectivity index (χ0v) is 11.7. The summed E-state index contributed by atoms with van der Waals surface area (Å²) in [5.41, 5.74) is 0.495. The molecule has 8 heteroatoms. The van der Waals surface area contributed by atoms with Crippen LogP contribution < -0.4 is 5.32 Å². The maximum absolute atomic E-state index is 13.3. The summed E-state index contributed by atoms with van der Waals surface area (Å²) in [7, 11) is 0. The second-order valence-electron chi connectivity index (χ2n) is 4.81. The van der Waals surface area contributed by atoms with E-state index in [1.54, 1.807) is 18.2 Å². The third-order valence-electron chi connectivity index (χ3n) is 3.27. The quantitative estimate of drug-likeness (QED) is 0.807. The summed E-state index contributed by atoms with van der Waals surface area (Å²) >= 11 is 0. The molecule has 1 amide bonds. The highest BCUT2D eigenvalue weighted by molar-refractivity contribution is 5.93. The standard InChI is InChI=1S/C15H11F3N4O/c16-15(17,18)13(10-3-2-7-19-9-10)21-14(23)12-5-1-4-11-6-8-20-22(11)12/h1-9,13H,(H,21,23)/t13-/m0/s1. The number of nitrogens with one attached hydrogen (secondary N) is 1. The zero-order chi connectivity index (χ0) is 16.4. The Balaban J connectivity index is 1.94. The van der Waals surface area contributed by atoms with Gasteiger partial charge in [0.25, 0.3) is 5.91 Å². The molecule has 0 aliphatic carbocycles. The third-order valence-corrected chi connectivity index (χ3v) is 3.27. The lowest BCUT2D eigenvalue weighted by molar-refractivity contribution is -0.155. The Kier molecular flexibility index (Phi) is 3.73. The largest absolute Gasteiger partial charge is 0.412 e. The first-order valence-corrected chi connectivity index (χ1v) is 6.67. The lowest BCUT2D eigenvalue weighted by Gasteiger charge is -2.21. The normalized spacial score (nSPS) is 13.0. The molecular formula is C15H11F3N4O. The topological polar surface area (TPSA) is 59.3 Å². The predicted octanol–water partition coefficient (Wildman–Crippen LogP) is 2.76. The molecule has 0 saturated carbocycles. The van der Waals surface area contributed by atoms with Crippen LogP contribution in [-0.2, 0) is 0 Å². The summed E-state index contributed by atoms with van der Waals surface area (Å²) in [6, 6.07) is 6.85. The molecule has 5 nitrogen and oxygen atoms in total. The molecule has 1 atom stereocenters. The van der Waals surface area contributed by atoms with Crippen LogP contribution in [0.4, 0.5) is 13.2 Å². The molecular weight excluding hydrogens is 309 g/mol. The monoisotopic (exact) mass is 320 g/mol. The van der Waals surface area contributed by atoms with Gasteiger partial charge < -0.3 is 5.32 Å². The van der Waals surface area contributed by atoms with Gasteiger partial charge in [-0.3, -0.25) is 9.78 Å². The van der Waals surface area contributed by atoms with Gasteiger partial charge in [-0.1, -0.05) is 12.1 Å². The van der Waals surface area contributed by atoms with E-state index in [0.717, 1.165) is 6.20 Å². The predicted molar refractivity (Wildman–Crippen MR) is 75.7 cm³/mol. The summed E-state index contributed by atoms with van der Waals surface area (Å²) in [6.45, 7) is 0. The van der Waals surface area contributed by atoms with Gasteiger partial charge in [0.05, 0.1) is 11.7 Å². The number of halogens is 3. The summed E-state index contributed by atoms with van der Waals surface area (Å²) < 4.78 is 41.1. The van der Waals surface area contributed by atoms with Gasteiger partial charge in [-0.25, -0.2) is 4.52 Å². The molecule has 3 heterocycles. The van der Waals surface area contributed by atoms with Crippen LogP contribution in [0.5, 0.6) is 0 Å². The van der Waals surface area contributed by atoms with Crippen LogP contribution >= 0.6 is 0 Å². The molecule has 1 N–H and O–H groups in total. The highest BCUT2D eigenvalue weighted by atomic mass is 19.4. The van der Waals surface area contributed by atoms with E-state index in [1.807, 2.05) is 5.32 Å². The number of amides is 1. The Morgan fingerprint density at radius 1 is 1.13 bits per heavy atom. The summed E-state index contributed by atoms with van der Waals surface area (Å²) in [4.78, 5) is 16.0. The fraction of sp³-hybridized carbons (Fsp3) is 0.133. The van der Waals surface area contributed by atoms with Crippen LogP contribution in [0.1, 0.15) is 22.1 Å². The molecule has 0 saturated heterocycles. The Bertz CT molecular complexity index is 829. The van der Waals surface area contributed by atoms with Crippen molar-refractivity contribution in [2.45, 2.75) is 12.2 Å². The first-order chi connectivity index (χ1) is 11.0. The van der Waals surface area contributed by atoms with Crippen molar-refractivity contribution in [1.29, 1.82) is 0 Å². The van der Waals surface area contributed by atoms with E-state index in [9.17, 15) is 18.0 Å². The second-order valence-corrected chi connectivity index (χ2v) is 4.81. The van der Waals surface area contributed by atoms with E-state index >= 15 is 0 Å². The Morgan fingerprint density at radius 3 is 2.65 bits per heavy atom. The highest BCUT2D eigenvalue weighted by Gasteiger charge is 2.42. The number of hydrogen-bond donors (Lipinski definition) is 1. The van der Waals surface area contributed by atoms with Gasteiger partial charge in [-0.2, -0.15) is 18.3 Å². The lowest BCUT2D eigenvalue weighted by Crippen LogP contribution is -2.38. The van der Waals surface area contributed by atoms with E-state index in [-0.39, 0.29) is 11.3 Å². The highest BCUT2D eigenvalue weighted by Crippen LogP contribution is 2.32. The molecule has 0 radical (unpaired) electrons. The SMILES string of the molecule is O=C(N[C@@H](c1cccnc1)C(F)(F)F)c1cccc2ccnn12. The molecule has 3 rings (SSSR count). The molecule has 0 bridgehead atoms. The molecule has 0 aliphatic heterocycles. The van der Waals surface area contributed by atoms with Crippen LogP contribution in [-0.4, -0.2) is 26.7 Å². The Labute approximate surface area is 128 Å². The summed E-state index contributed by atoms with van der Waals surface area (Å²) in [5.74, 6) is -0.870. The van der Waals surface area contributed by atoms with Crippen molar-refractivity contribution in [3.8, 4) is 0 Å². The van der Waals surface area contributed by atoms with Gasteiger partial charge >= 0.3 is 6.18 Å². The van der Waals surface area contributed by atoms with Crippen molar-refractivity contribution >= 4 is 11.4 Å². The lowest BCUT2D eigenvalue weighted by atomic mass is 10.1. The number of aromatic nitrogens is 3. The summed E-state index contributed by atoms with van der Waals surface area (Å²) in [6.07, 6.45) is -0.735. The minimum Gasteiger partial charge on any atom is -0.335 e. The van der Waals surface area contributed by atoms with Gasteiger partial charge in [0.1, 0.15) is 5.69 Å². The number of carbonyl (C=O) groups excluding carboxylic acids is 1. The van der Waals surface area contributed by atoms with Crippen molar-refractivity contribution in [2.24, 2.45) is 0 Å². The maximum atomic E-state index is 13.3. The number of carbonyl (C=O) groups is 1. The number of hydrogen-bond acceptors (Lipinski definition) is 3. The van der Waals surface area contributed by atoms with E-state index in [4.69, 9.17) is 0 Å². The minimum absolute atomic E-state index is 0.0191. The number of rotatable bonds is 3. The molecule has 3 aromatic heterocycles. The van der Waals surface area contributed by atoms with Crippen molar-refractivity contribution in [3.05, 3.63) is 66.2 Å². The van der Waals surface area contributed by atoms with Crippen molar-refractivity contribution < 1.29 is 18.0 Å². The van der Waals surface area contributed by atoms with Gasteiger partial charge in [-0.15, -0.1) is 0 Å². The number of fused-ring (bicyclic) bond motifs is 1. The van der Waals surface area contributed by atoms with Crippen molar-refractivity contribution in [1.82, 2.24) is 19.9 Å². The Morgan fingerprint density at radius 2 is 1.96 bits per heavy atom. The number of pyridine rings is 2. The molecule has 0 fully saturated rings. The fourth-order valence-electron chi connectivity index (χ4n) is 2.23. The van der Waals surface area contributed by atoms with E-state index in [0.29, 0.717) is 5.52 Å². The Hall–Kier alpha value is -2.90. The first kappa shape index (κ1) is 15.0. The molecule has 3 aromatic rings. The van der Waals surface area contributed by atoms with E-state index in [2.05, 4.69) is 10.1 Å². The van der Waals surface area contributed by atoms with Crippen LogP contribution in [0, 0.1) is 0 Å². The molecule has 23 heavy (non-hydrogen) atoms. The average Bonchev–Trinajstić information content (AvgIpc) is 3.00. The van der Waals surface area contributed by atoms with Gasteiger partial charge in [0.2, 0.25) is 0 Å². The molecule has 0 aliphatic rings. The fourth-order valence-corrected chi connectivity index (χ4v) is 2.23. The number of nitrogens with zero attached hydrogens (tertiary/aromatic N) is 3. The van der Waals surface area contributed by atoms with E-state index < -0.39 is 18.1 Å². The van der Waals surface area contributed by atoms with E-state index in [1.165, 1.54) is 35.1 Å². The molecule has 0 unspecified atom stereocenters. The van der Waals surface area contributed by atoms with Crippen LogP contribution in [0.2, 0.25) is 0 Å². The average molecular weight is 320 g/mol. The van der Waals surface area contributed by atoms with Crippen LogP contribution in [0.15, 0.2) is 55.0 Å². The zero-order valence-electron chi connectivity index (χ0n) is 11.7. The van der Waals surface area contributed by atoms with Gasteiger partial charge in [0, 0.05) is 18.0 Å². The molecule has 0 spiro atoms. The van der Waals surface area contributed by atoms with Crippen LogP contribution in [0.25, 0.3) is 5.52 Å². The van der Waals surface area contributed by atoms with Crippen molar-refractivity contribution in [3.63, 3.8) is 0 Å². The second kappa shape index (κ2) is 5.71. The molecule has 118 valence electrons. The van der Waals surface area contributed by atoms with Gasteiger partial charge in [0.15, 0.2) is 6.04 Å².